The minimum absolute atomic E-state index is 0.0744. The lowest BCUT2D eigenvalue weighted by Crippen LogP contribution is -2.53. The van der Waals surface area contributed by atoms with E-state index in [9.17, 15) is 13.2 Å². The first kappa shape index (κ1) is 12.5. The van der Waals surface area contributed by atoms with Gasteiger partial charge in [0.1, 0.15) is 0 Å². The molecule has 0 amide bonds. The first-order valence-electron chi connectivity index (χ1n) is 7.03. The van der Waals surface area contributed by atoms with Crippen LogP contribution in [0.4, 0.5) is 13.2 Å². The molecule has 0 aliphatic heterocycles. The van der Waals surface area contributed by atoms with E-state index in [-0.39, 0.29) is 12.5 Å². The van der Waals surface area contributed by atoms with Crippen LogP contribution < -0.4 is 5.32 Å². The zero-order valence-electron chi connectivity index (χ0n) is 10.4. The summed E-state index contributed by atoms with van der Waals surface area (Å²) in [5.74, 6) is 0.277. The lowest BCUT2D eigenvalue weighted by molar-refractivity contribution is -0.184. The van der Waals surface area contributed by atoms with Gasteiger partial charge in [-0.15, -0.1) is 0 Å². The number of nitrogens with one attached hydrogen (secondary N) is 1. The van der Waals surface area contributed by atoms with Crippen molar-refractivity contribution >= 4 is 0 Å². The second-order valence-electron chi connectivity index (χ2n) is 6.11. The van der Waals surface area contributed by atoms with Gasteiger partial charge in [0.2, 0.25) is 0 Å². The number of fused-ring (bicyclic) bond motifs is 1. The normalized spacial score (nSPS) is 43.6. The molecule has 0 aromatic carbocycles. The third-order valence-electron chi connectivity index (χ3n) is 4.95. The summed E-state index contributed by atoms with van der Waals surface area (Å²) in [7, 11) is 0. The fraction of sp³-hybridized carbons (Fsp3) is 0.857. The van der Waals surface area contributed by atoms with E-state index in [0.29, 0.717) is 24.8 Å². The minimum atomic E-state index is -4.00. The first-order chi connectivity index (χ1) is 8.54. The van der Waals surface area contributed by atoms with E-state index in [0.717, 1.165) is 18.8 Å². The average molecular weight is 259 g/mol. The van der Waals surface area contributed by atoms with Crippen molar-refractivity contribution in [1.82, 2.24) is 5.32 Å². The smallest absolute Gasteiger partial charge is 0.311 e. The molecular weight excluding hydrogens is 239 g/mol. The van der Waals surface area contributed by atoms with Crippen molar-refractivity contribution in [3.8, 4) is 0 Å². The molecule has 0 aromatic heterocycles. The van der Waals surface area contributed by atoms with Crippen molar-refractivity contribution < 1.29 is 13.2 Å². The largest absolute Gasteiger partial charge is 0.391 e. The van der Waals surface area contributed by atoms with Crippen molar-refractivity contribution in [2.24, 2.45) is 17.8 Å². The summed E-state index contributed by atoms with van der Waals surface area (Å²) >= 11 is 0. The van der Waals surface area contributed by atoms with E-state index in [1.807, 2.05) is 0 Å². The molecule has 18 heavy (non-hydrogen) atoms. The molecule has 0 radical (unpaired) electrons. The fourth-order valence-electron chi connectivity index (χ4n) is 3.85. The summed E-state index contributed by atoms with van der Waals surface area (Å²) in [6.07, 6.45) is 4.98. The molecule has 2 saturated carbocycles. The quantitative estimate of drug-likeness (QED) is 0.746. The summed E-state index contributed by atoms with van der Waals surface area (Å²) in [5.41, 5.74) is 0. The van der Waals surface area contributed by atoms with Crippen molar-refractivity contribution in [2.75, 3.05) is 0 Å². The van der Waals surface area contributed by atoms with Crippen LogP contribution in [0.25, 0.3) is 0 Å². The standard InChI is InChI=1S/C14H20F3N/c15-14(16,17)10-4-2-5-11(8-10)18-13-7-9-3-1-6-12(9)13/h1,6,9-13,18H,2-5,7-8H2. The lowest BCUT2D eigenvalue weighted by atomic mass is 9.70. The van der Waals surface area contributed by atoms with Crippen LogP contribution in [-0.4, -0.2) is 18.3 Å². The SMILES string of the molecule is FC(F)(F)C1CCCC(NC2CC3CC=CC32)C1. The van der Waals surface area contributed by atoms with Crippen LogP contribution in [0, 0.1) is 17.8 Å². The molecule has 3 aliphatic carbocycles. The van der Waals surface area contributed by atoms with Crippen molar-refractivity contribution in [3.05, 3.63) is 12.2 Å². The summed E-state index contributed by atoms with van der Waals surface area (Å²) in [6.45, 7) is 0. The predicted octanol–water partition coefficient (Wildman–Crippen LogP) is 3.66. The van der Waals surface area contributed by atoms with E-state index in [1.54, 1.807) is 0 Å². The van der Waals surface area contributed by atoms with Crippen LogP contribution in [0.1, 0.15) is 38.5 Å². The molecule has 1 nitrogen and oxygen atoms in total. The maximum absolute atomic E-state index is 12.7. The van der Waals surface area contributed by atoms with Gasteiger partial charge in [0.05, 0.1) is 5.92 Å². The van der Waals surface area contributed by atoms with Gasteiger partial charge in [0.25, 0.3) is 0 Å². The van der Waals surface area contributed by atoms with Crippen LogP contribution in [0.2, 0.25) is 0 Å². The number of rotatable bonds is 2. The molecule has 0 saturated heterocycles. The number of hydrogen-bond donors (Lipinski definition) is 1. The second-order valence-corrected chi connectivity index (χ2v) is 6.11. The number of halogens is 3. The van der Waals surface area contributed by atoms with Crippen LogP contribution in [0.5, 0.6) is 0 Å². The molecular formula is C14H20F3N. The Hall–Kier alpha value is -0.510. The third-order valence-corrected chi connectivity index (χ3v) is 4.95. The van der Waals surface area contributed by atoms with Gasteiger partial charge in [-0.05, 0) is 43.9 Å². The van der Waals surface area contributed by atoms with E-state index in [4.69, 9.17) is 0 Å². The molecule has 1 N–H and O–H groups in total. The highest BCUT2D eigenvalue weighted by molar-refractivity contribution is 5.13. The molecule has 102 valence electrons. The van der Waals surface area contributed by atoms with Crippen LogP contribution >= 0.6 is 0 Å². The summed E-state index contributed by atoms with van der Waals surface area (Å²) < 4.78 is 38.2. The minimum Gasteiger partial charge on any atom is -0.311 e. The Balaban J connectivity index is 1.52. The van der Waals surface area contributed by atoms with E-state index >= 15 is 0 Å². The Kier molecular flexibility index (Phi) is 3.16. The molecule has 3 aliphatic rings. The maximum Gasteiger partial charge on any atom is 0.391 e. The van der Waals surface area contributed by atoms with Gasteiger partial charge < -0.3 is 5.32 Å². The lowest BCUT2D eigenvalue weighted by Gasteiger charge is -2.44. The average Bonchev–Trinajstić information content (AvgIpc) is 2.67. The highest BCUT2D eigenvalue weighted by Crippen LogP contribution is 2.44. The van der Waals surface area contributed by atoms with Crippen LogP contribution in [0.15, 0.2) is 12.2 Å². The Morgan fingerprint density at radius 2 is 1.94 bits per heavy atom. The van der Waals surface area contributed by atoms with Gasteiger partial charge in [-0.25, -0.2) is 0 Å². The Bertz CT molecular complexity index is 336. The Labute approximate surface area is 106 Å². The van der Waals surface area contributed by atoms with Crippen LogP contribution in [0.3, 0.4) is 0 Å². The molecule has 2 fully saturated rings. The Morgan fingerprint density at radius 1 is 1.11 bits per heavy atom. The Morgan fingerprint density at radius 3 is 2.67 bits per heavy atom. The summed E-state index contributed by atoms with van der Waals surface area (Å²) in [6, 6.07) is 0.510. The highest BCUT2D eigenvalue weighted by atomic mass is 19.4. The second kappa shape index (κ2) is 4.55. The van der Waals surface area contributed by atoms with Gasteiger partial charge in [0, 0.05) is 12.1 Å². The molecule has 0 heterocycles. The maximum atomic E-state index is 12.7. The zero-order valence-corrected chi connectivity index (χ0v) is 10.4. The molecule has 0 aromatic rings. The van der Waals surface area contributed by atoms with E-state index in [1.165, 1.54) is 6.42 Å². The number of hydrogen-bond acceptors (Lipinski definition) is 1. The van der Waals surface area contributed by atoms with Crippen molar-refractivity contribution in [3.63, 3.8) is 0 Å². The monoisotopic (exact) mass is 259 g/mol. The molecule has 5 unspecified atom stereocenters. The molecule has 3 rings (SSSR count). The van der Waals surface area contributed by atoms with Gasteiger partial charge in [-0.1, -0.05) is 18.6 Å². The third kappa shape index (κ3) is 2.31. The molecule has 0 spiro atoms. The van der Waals surface area contributed by atoms with Gasteiger partial charge in [-0.2, -0.15) is 13.2 Å². The van der Waals surface area contributed by atoms with E-state index in [2.05, 4.69) is 17.5 Å². The predicted molar refractivity (Wildman–Crippen MR) is 64.1 cm³/mol. The first-order valence-corrected chi connectivity index (χ1v) is 7.03. The fourth-order valence-corrected chi connectivity index (χ4v) is 3.85. The van der Waals surface area contributed by atoms with Gasteiger partial charge >= 0.3 is 6.18 Å². The van der Waals surface area contributed by atoms with E-state index < -0.39 is 12.1 Å². The van der Waals surface area contributed by atoms with Crippen molar-refractivity contribution in [2.45, 2.75) is 56.8 Å². The molecule has 4 heteroatoms. The number of alkyl halides is 3. The number of allylic oxidation sites excluding steroid dienone is 1. The van der Waals surface area contributed by atoms with Gasteiger partial charge in [0.15, 0.2) is 0 Å². The summed E-state index contributed by atoms with van der Waals surface area (Å²) in [5, 5.41) is 3.48. The highest BCUT2D eigenvalue weighted by Gasteiger charge is 2.45. The zero-order chi connectivity index (χ0) is 12.8. The molecule has 0 bridgehead atoms. The van der Waals surface area contributed by atoms with Gasteiger partial charge in [-0.3, -0.25) is 0 Å². The topological polar surface area (TPSA) is 12.0 Å². The van der Waals surface area contributed by atoms with Crippen LogP contribution in [-0.2, 0) is 0 Å². The van der Waals surface area contributed by atoms with Crippen molar-refractivity contribution in [1.29, 1.82) is 0 Å². The molecule has 5 atom stereocenters. The summed E-state index contributed by atoms with van der Waals surface area (Å²) in [4.78, 5) is 0.